The third kappa shape index (κ3) is 37.2. The van der Waals surface area contributed by atoms with E-state index in [1.54, 1.807) is 0 Å². The fourth-order valence-electron chi connectivity index (χ4n) is 7.93. The smallest absolute Gasteiger partial charge is 0.306 e. The molecule has 0 rings (SSSR count). The first-order chi connectivity index (χ1) is 26.3. The van der Waals surface area contributed by atoms with Gasteiger partial charge in [-0.15, -0.1) is 0 Å². The van der Waals surface area contributed by atoms with Crippen LogP contribution in [0.15, 0.2) is 24.3 Å². The van der Waals surface area contributed by atoms with Gasteiger partial charge in [0.25, 0.3) is 0 Å². The lowest BCUT2D eigenvalue weighted by Crippen LogP contribution is -2.39. The highest BCUT2D eigenvalue weighted by atomic mass is 16.5. The van der Waals surface area contributed by atoms with Crippen molar-refractivity contribution in [3.05, 3.63) is 24.3 Å². The number of esters is 2. The maximum atomic E-state index is 13.2. The van der Waals surface area contributed by atoms with Gasteiger partial charge in [0.05, 0.1) is 0 Å². The van der Waals surface area contributed by atoms with Crippen molar-refractivity contribution in [2.75, 3.05) is 40.4 Å². The molecule has 7 nitrogen and oxygen atoms in total. The van der Waals surface area contributed by atoms with Gasteiger partial charge < -0.3 is 19.7 Å². The topological polar surface area (TPSA) is 84.9 Å². The van der Waals surface area contributed by atoms with Gasteiger partial charge in [0.15, 0.2) is 0 Å². The quantitative estimate of drug-likeness (QED) is 0.0382. The van der Waals surface area contributed by atoms with Crippen LogP contribution in [-0.2, 0) is 23.9 Å². The second-order valence-electron chi connectivity index (χ2n) is 18.2. The Kier molecular flexibility index (Phi) is 33.7. The largest absolute Gasteiger partial charge is 0.461 e. The molecular formula is C48H90N2O5. The van der Waals surface area contributed by atoms with Crippen LogP contribution in [0.25, 0.3) is 0 Å². The summed E-state index contributed by atoms with van der Waals surface area (Å²) in [5.41, 5.74) is 0.203. The van der Waals surface area contributed by atoms with Gasteiger partial charge in [-0.05, 0) is 88.6 Å². The maximum absolute atomic E-state index is 13.2. The van der Waals surface area contributed by atoms with Gasteiger partial charge in [-0.25, -0.2) is 0 Å². The molecule has 0 radical (unpaired) electrons. The summed E-state index contributed by atoms with van der Waals surface area (Å²) < 4.78 is 10.7. The predicted molar refractivity (Wildman–Crippen MR) is 234 cm³/mol. The van der Waals surface area contributed by atoms with E-state index in [0.29, 0.717) is 44.9 Å². The number of hydrogen-bond acceptors (Lipinski definition) is 6. The number of nitrogens with zero attached hydrogens (tertiary/aromatic N) is 1. The molecule has 0 spiro atoms. The van der Waals surface area contributed by atoms with Crippen LogP contribution in [0.2, 0.25) is 0 Å². The van der Waals surface area contributed by atoms with Crippen LogP contribution in [0.4, 0.5) is 0 Å². The van der Waals surface area contributed by atoms with Crippen LogP contribution in [0, 0.1) is 16.7 Å². The molecule has 0 atom stereocenters. The Labute approximate surface area is 341 Å². The summed E-state index contributed by atoms with van der Waals surface area (Å²) >= 11 is 0. The monoisotopic (exact) mass is 775 g/mol. The molecule has 0 saturated carbocycles. The number of carbonyl (C=O) groups excluding carboxylic acids is 3. The molecule has 0 aromatic heterocycles. The van der Waals surface area contributed by atoms with Crippen molar-refractivity contribution in [3.63, 3.8) is 0 Å². The molecular weight excluding hydrogens is 685 g/mol. The van der Waals surface area contributed by atoms with Gasteiger partial charge in [0.2, 0.25) is 5.91 Å². The van der Waals surface area contributed by atoms with Crippen LogP contribution >= 0.6 is 0 Å². The lowest BCUT2D eigenvalue weighted by atomic mass is 9.74. The lowest BCUT2D eigenvalue weighted by Gasteiger charge is -2.37. The van der Waals surface area contributed by atoms with Gasteiger partial charge in [-0.3, -0.25) is 14.4 Å². The first-order valence-electron chi connectivity index (χ1n) is 22.8. The van der Waals surface area contributed by atoms with E-state index < -0.39 is 0 Å². The first kappa shape index (κ1) is 52.9. The zero-order valence-corrected chi connectivity index (χ0v) is 37.6. The van der Waals surface area contributed by atoms with E-state index >= 15 is 0 Å². The zero-order chi connectivity index (χ0) is 41.0. The van der Waals surface area contributed by atoms with Crippen molar-refractivity contribution in [2.24, 2.45) is 16.7 Å². The van der Waals surface area contributed by atoms with E-state index in [0.717, 1.165) is 103 Å². The molecule has 0 aliphatic heterocycles. The van der Waals surface area contributed by atoms with E-state index in [1.807, 2.05) is 12.2 Å². The van der Waals surface area contributed by atoms with Crippen molar-refractivity contribution in [1.29, 1.82) is 0 Å². The fourth-order valence-corrected chi connectivity index (χ4v) is 7.93. The molecule has 0 aliphatic rings. The Morgan fingerprint density at radius 1 is 0.582 bits per heavy atom. The molecule has 0 heterocycles. The van der Waals surface area contributed by atoms with Gasteiger partial charge >= 0.3 is 11.9 Å². The van der Waals surface area contributed by atoms with E-state index in [9.17, 15) is 14.4 Å². The third-order valence-electron chi connectivity index (χ3n) is 10.4. The van der Waals surface area contributed by atoms with Crippen molar-refractivity contribution < 1.29 is 23.9 Å². The minimum absolute atomic E-state index is 0.0265. The highest BCUT2D eigenvalue weighted by molar-refractivity contribution is 5.76. The highest BCUT2D eigenvalue weighted by Gasteiger charge is 2.30. The standard InChI is InChI=1S/C48H90N2O5/c1-9-11-13-15-17-25-31-37-54-45(52)35-29-23-19-21-27-33-43(39-44(51)49-41-47(3,4)40-48(5,6)42-50(7)8)34-28-22-20-24-30-36-46(53)55-38-32-26-18-16-14-12-10-2/h25-26,31-32,43H,9-24,27-30,33-42H2,1-8H3,(H,49,51). The van der Waals surface area contributed by atoms with Crippen molar-refractivity contribution in [3.8, 4) is 0 Å². The molecule has 0 aliphatic carbocycles. The summed E-state index contributed by atoms with van der Waals surface area (Å²) in [4.78, 5) is 39.7. The molecule has 0 saturated heterocycles. The van der Waals surface area contributed by atoms with Gasteiger partial charge in [0, 0.05) is 32.4 Å². The number of rotatable bonds is 38. The molecule has 7 heteroatoms. The number of hydrogen-bond donors (Lipinski definition) is 1. The Balaban J connectivity index is 4.56. The number of carbonyl (C=O) groups is 3. The molecule has 55 heavy (non-hydrogen) atoms. The number of nitrogens with one attached hydrogen (secondary N) is 1. The predicted octanol–water partition coefficient (Wildman–Crippen LogP) is 12.7. The fraction of sp³-hybridized carbons (Fsp3) is 0.854. The van der Waals surface area contributed by atoms with E-state index in [-0.39, 0.29) is 28.7 Å². The first-order valence-corrected chi connectivity index (χ1v) is 22.8. The number of ether oxygens (including phenoxy) is 2. The van der Waals surface area contributed by atoms with Crippen LogP contribution in [-0.4, -0.2) is 63.1 Å². The minimum Gasteiger partial charge on any atom is -0.461 e. The summed E-state index contributed by atoms with van der Waals surface area (Å²) in [7, 11) is 4.24. The Morgan fingerprint density at radius 2 is 1.02 bits per heavy atom. The Bertz CT molecular complexity index is 950. The van der Waals surface area contributed by atoms with E-state index in [2.05, 4.69) is 78.0 Å². The summed E-state index contributed by atoms with van der Waals surface area (Å²) in [6, 6.07) is 0. The normalized spacial score (nSPS) is 12.9. The van der Waals surface area contributed by atoms with Gasteiger partial charge in [0.1, 0.15) is 13.2 Å². The highest BCUT2D eigenvalue weighted by Crippen LogP contribution is 2.33. The van der Waals surface area contributed by atoms with Gasteiger partial charge in [-0.2, -0.15) is 0 Å². The van der Waals surface area contributed by atoms with Crippen molar-refractivity contribution in [2.45, 2.75) is 208 Å². The Hall–Kier alpha value is -2.15. The average molecular weight is 775 g/mol. The number of unbranched alkanes of at least 4 members (excludes halogenated alkanes) is 16. The van der Waals surface area contributed by atoms with Crippen LogP contribution in [0.1, 0.15) is 208 Å². The zero-order valence-electron chi connectivity index (χ0n) is 37.6. The molecule has 0 bridgehead atoms. The summed E-state index contributed by atoms with van der Waals surface area (Å²) in [6.45, 7) is 16.1. The summed E-state index contributed by atoms with van der Waals surface area (Å²) in [5.74, 6) is 0.375. The summed E-state index contributed by atoms with van der Waals surface area (Å²) in [5, 5.41) is 3.30. The molecule has 322 valence electrons. The molecule has 1 N–H and O–H groups in total. The molecule has 0 aromatic carbocycles. The number of allylic oxidation sites excluding steroid dienone is 2. The van der Waals surface area contributed by atoms with Crippen LogP contribution in [0.5, 0.6) is 0 Å². The SMILES string of the molecule is CCCCCCC=CCOC(=O)CCCCCCCC(CCCCCCCC(=O)OCC=CCCCCCC)CC(=O)NCC(C)(C)CC(C)(C)CN(C)C. The Morgan fingerprint density at radius 3 is 1.47 bits per heavy atom. The minimum atomic E-state index is -0.0951. The van der Waals surface area contributed by atoms with Crippen LogP contribution in [0.3, 0.4) is 0 Å². The van der Waals surface area contributed by atoms with Crippen molar-refractivity contribution >= 4 is 17.8 Å². The number of amides is 1. The third-order valence-corrected chi connectivity index (χ3v) is 10.4. The molecule has 0 aromatic rings. The van der Waals surface area contributed by atoms with E-state index in [1.165, 1.54) is 51.4 Å². The maximum Gasteiger partial charge on any atom is 0.306 e. The van der Waals surface area contributed by atoms with Crippen molar-refractivity contribution in [1.82, 2.24) is 10.2 Å². The van der Waals surface area contributed by atoms with Gasteiger partial charge in [-0.1, -0.05) is 156 Å². The second kappa shape index (κ2) is 35.0. The lowest BCUT2D eigenvalue weighted by molar-refractivity contribution is -0.143. The van der Waals surface area contributed by atoms with Crippen LogP contribution < -0.4 is 5.32 Å². The summed E-state index contributed by atoms with van der Waals surface area (Å²) in [6.07, 6.45) is 35.7. The van der Waals surface area contributed by atoms with E-state index in [4.69, 9.17) is 9.47 Å². The molecule has 1 amide bonds. The average Bonchev–Trinajstić information content (AvgIpc) is 3.11. The molecule has 0 fully saturated rings. The second-order valence-corrected chi connectivity index (χ2v) is 18.2. The molecule has 0 unspecified atom stereocenters.